The normalized spacial score (nSPS) is 11.1. The number of nitrogens with zero attached hydrogens (tertiary/aromatic N) is 2. The molecule has 136 valence electrons. The zero-order chi connectivity index (χ0) is 19.0. The average molecular weight is 377 g/mol. The fourth-order valence-electron chi connectivity index (χ4n) is 2.78. The van der Waals surface area contributed by atoms with Gasteiger partial charge in [0, 0.05) is 55.2 Å². The van der Waals surface area contributed by atoms with Crippen LogP contribution in [0.4, 0.5) is 10.1 Å². The SMILES string of the molecule is COCc1c(Cl)[nH]c2ncc(-c3ccc(N)c(C(=O)N(C)C)c3F)cc12. The number of aromatic nitrogens is 2. The van der Waals surface area contributed by atoms with Crippen molar-refractivity contribution in [1.82, 2.24) is 14.9 Å². The first-order valence-electron chi connectivity index (χ1n) is 7.80. The molecule has 1 aromatic carbocycles. The molecule has 1 amide bonds. The topological polar surface area (TPSA) is 84.2 Å². The third kappa shape index (κ3) is 3.00. The Morgan fingerprint density at radius 2 is 2.15 bits per heavy atom. The first-order chi connectivity index (χ1) is 12.3. The summed E-state index contributed by atoms with van der Waals surface area (Å²) in [7, 11) is 4.64. The number of pyridine rings is 1. The molecule has 0 atom stereocenters. The van der Waals surface area contributed by atoms with Crippen LogP contribution in [0.15, 0.2) is 24.4 Å². The minimum Gasteiger partial charge on any atom is -0.398 e. The molecule has 2 aromatic heterocycles. The van der Waals surface area contributed by atoms with Crippen LogP contribution in [0.3, 0.4) is 0 Å². The smallest absolute Gasteiger partial charge is 0.258 e. The lowest BCUT2D eigenvalue weighted by atomic mass is 10.00. The summed E-state index contributed by atoms with van der Waals surface area (Å²) in [4.78, 5) is 20.8. The Morgan fingerprint density at radius 3 is 2.81 bits per heavy atom. The highest BCUT2D eigenvalue weighted by Crippen LogP contribution is 2.33. The maximum atomic E-state index is 15.1. The van der Waals surface area contributed by atoms with Crippen LogP contribution in [0.25, 0.3) is 22.2 Å². The molecule has 0 aliphatic rings. The van der Waals surface area contributed by atoms with Crippen molar-refractivity contribution in [2.45, 2.75) is 6.61 Å². The number of halogens is 2. The predicted octanol–water partition coefficient (Wildman–Crippen LogP) is 3.45. The molecular weight excluding hydrogens is 359 g/mol. The number of rotatable bonds is 4. The lowest BCUT2D eigenvalue weighted by Crippen LogP contribution is -2.24. The number of amides is 1. The second-order valence-electron chi connectivity index (χ2n) is 6.06. The molecule has 0 bridgehead atoms. The molecule has 0 aliphatic carbocycles. The Balaban J connectivity index is 2.19. The van der Waals surface area contributed by atoms with E-state index in [1.807, 2.05) is 0 Å². The summed E-state index contributed by atoms with van der Waals surface area (Å²) in [6, 6.07) is 4.81. The lowest BCUT2D eigenvalue weighted by molar-refractivity contribution is 0.0824. The zero-order valence-electron chi connectivity index (χ0n) is 14.6. The standard InChI is InChI=1S/C18H18ClFN4O2/c1-24(2)18(25)14-13(21)5-4-10(15(14)20)9-6-11-12(8-26-3)16(19)23-17(11)22-7-9/h4-7H,8,21H2,1-3H3,(H,22,23). The zero-order valence-corrected chi connectivity index (χ0v) is 15.3. The van der Waals surface area contributed by atoms with Crippen LogP contribution in [0, 0.1) is 5.82 Å². The molecule has 0 saturated carbocycles. The van der Waals surface area contributed by atoms with Crippen LogP contribution < -0.4 is 5.73 Å². The average Bonchev–Trinajstić information content (AvgIpc) is 2.90. The number of anilines is 1. The maximum Gasteiger partial charge on any atom is 0.258 e. The van der Waals surface area contributed by atoms with Gasteiger partial charge in [0.15, 0.2) is 0 Å². The molecule has 8 heteroatoms. The van der Waals surface area contributed by atoms with Crippen LogP contribution in [0.1, 0.15) is 15.9 Å². The number of carbonyl (C=O) groups is 1. The van der Waals surface area contributed by atoms with E-state index < -0.39 is 11.7 Å². The van der Waals surface area contributed by atoms with Gasteiger partial charge in [-0.1, -0.05) is 11.6 Å². The number of nitrogens with two attached hydrogens (primary N) is 1. The van der Waals surface area contributed by atoms with E-state index in [9.17, 15) is 4.79 Å². The van der Waals surface area contributed by atoms with E-state index in [0.29, 0.717) is 23.0 Å². The van der Waals surface area contributed by atoms with E-state index in [4.69, 9.17) is 22.1 Å². The highest BCUT2D eigenvalue weighted by atomic mass is 35.5. The highest BCUT2D eigenvalue weighted by molar-refractivity contribution is 6.31. The molecule has 3 N–H and O–H groups in total. The van der Waals surface area contributed by atoms with Gasteiger partial charge in [-0.05, 0) is 18.2 Å². The van der Waals surface area contributed by atoms with Crippen molar-refractivity contribution >= 4 is 34.2 Å². The number of fused-ring (bicyclic) bond motifs is 1. The van der Waals surface area contributed by atoms with Crippen molar-refractivity contribution in [3.8, 4) is 11.1 Å². The number of ether oxygens (including phenoxy) is 1. The number of hydrogen-bond acceptors (Lipinski definition) is 4. The molecule has 0 unspecified atom stereocenters. The van der Waals surface area contributed by atoms with Crippen molar-refractivity contribution in [2.24, 2.45) is 0 Å². The highest BCUT2D eigenvalue weighted by Gasteiger charge is 2.22. The van der Waals surface area contributed by atoms with E-state index in [0.717, 1.165) is 10.9 Å². The number of nitrogens with one attached hydrogen (secondary N) is 1. The van der Waals surface area contributed by atoms with E-state index in [-0.39, 0.29) is 16.8 Å². The molecule has 0 saturated heterocycles. The van der Waals surface area contributed by atoms with Crippen molar-refractivity contribution in [2.75, 3.05) is 26.9 Å². The van der Waals surface area contributed by atoms with Gasteiger partial charge in [0.2, 0.25) is 0 Å². The molecule has 0 spiro atoms. The van der Waals surface area contributed by atoms with Gasteiger partial charge in [-0.2, -0.15) is 0 Å². The number of methoxy groups -OCH3 is 1. The summed E-state index contributed by atoms with van der Waals surface area (Å²) in [5, 5.41) is 1.15. The molecule has 0 aliphatic heterocycles. The quantitative estimate of drug-likeness (QED) is 0.683. The molecular formula is C18H18ClFN4O2. The number of hydrogen-bond donors (Lipinski definition) is 2. The maximum absolute atomic E-state index is 15.1. The molecule has 3 rings (SSSR count). The molecule has 0 radical (unpaired) electrons. The van der Waals surface area contributed by atoms with E-state index in [1.165, 1.54) is 23.2 Å². The Hall–Kier alpha value is -2.64. The lowest BCUT2D eigenvalue weighted by Gasteiger charge is -2.15. The Kier molecular flexibility index (Phi) is 4.84. The van der Waals surface area contributed by atoms with Crippen LogP contribution in [-0.4, -0.2) is 42.0 Å². The van der Waals surface area contributed by atoms with Crippen molar-refractivity contribution in [3.05, 3.63) is 46.5 Å². The van der Waals surface area contributed by atoms with Crippen LogP contribution >= 0.6 is 11.6 Å². The van der Waals surface area contributed by atoms with Crippen LogP contribution in [0.5, 0.6) is 0 Å². The largest absolute Gasteiger partial charge is 0.398 e. The van der Waals surface area contributed by atoms with Crippen molar-refractivity contribution in [3.63, 3.8) is 0 Å². The number of H-pyrrole nitrogens is 1. The molecule has 26 heavy (non-hydrogen) atoms. The van der Waals surface area contributed by atoms with Crippen LogP contribution in [0.2, 0.25) is 5.15 Å². The second kappa shape index (κ2) is 6.93. The summed E-state index contributed by atoms with van der Waals surface area (Å²) in [6.45, 7) is 0.290. The number of nitrogen functional groups attached to an aromatic ring is 1. The molecule has 6 nitrogen and oxygen atoms in total. The van der Waals surface area contributed by atoms with Gasteiger partial charge < -0.3 is 20.4 Å². The first kappa shape index (κ1) is 18.2. The van der Waals surface area contributed by atoms with Crippen molar-refractivity contribution < 1.29 is 13.9 Å². The second-order valence-corrected chi connectivity index (χ2v) is 6.44. The molecule has 3 aromatic rings. The van der Waals surface area contributed by atoms with Gasteiger partial charge in [-0.3, -0.25) is 4.79 Å². The summed E-state index contributed by atoms with van der Waals surface area (Å²) in [5.41, 5.74) is 7.81. The minimum absolute atomic E-state index is 0.0868. The summed E-state index contributed by atoms with van der Waals surface area (Å²) in [5.74, 6) is -1.18. The number of benzene rings is 1. The van der Waals surface area contributed by atoms with E-state index in [1.54, 1.807) is 27.3 Å². The van der Waals surface area contributed by atoms with Gasteiger partial charge in [-0.25, -0.2) is 9.37 Å². The van der Waals surface area contributed by atoms with Crippen LogP contribution in [-0.2, 0) is 11.3 Å². The van der Waals surface area contributed by atoms with Crippen molar-refractivity contribution in [1.29, 1.82) is 0 Å². The van der Waals surface area contributed by atoms with E-state index >= 15 is 4.39 Å². The Labute approximate surface area is 154 Å². The van der Waals surface area contributed by atoms with Gasteiger partial charge in [0.05, 0.1) is 12.2 Å². The third-order valence-corrected chi connectivity index (χ3v) is 4.42. The van der Waals surface area contributed by atoms with E-state index in [2.05, 4.69) is 9.97 Å². The Morgan fingerprint density at radius 1 is 1.42 bits per heavy atom. The molecule has 2 heterocycles. The fraction of sp³-hybridized carbons (Fsp3) is 0.222. The third-order valence-electron chi connectivity index (χ3n) is 4.10. The van der Waals surface area contributed by atoms with Gasteiger partial charge in [-0.15, -0.1) is 0 Å². The number of carbonyl (C=O) groups excluding carboxylic acids is 1. The molecule has 0 fully saturated rings. The van der Waals surface area contributed by atoms with Gasteiger partial charge in [0.25, 0.3) is 5.91 Å². The summed E-state index contributed by atoms with van der Waals surface area (Å²) >= 11 is 6.18. The predicted molar refractivity (Wildman–Crippen MR) is 99.6 cm³/mol. The van der Waals surface area contributed by atoms with Gasteiger partial charge in [0.1, 0.15) is 16.6 Å². The number of aromatic amines is 1. The monoisotopic (exact) mass is 376 g/mol. The first-order valence-corrected chi connectivity index (χ1v) is 8.18. The summed E-state index contributed by atoms with van der Waals surface area (Å²) in [6.07, 6.45) is 1.52. The fourth-order valence-corrected chi connectivity index (χ4v) is 3.03. The minimum atomic E-state index is -0.681. The van der Waals surface area contributed by atoms with Gasteiger partial charge >= 0.3 is 0 Å². The Bertz CT molecular complexity index is 1000. The summed E-state index contributed by atoms with van der Waals surface area (Å²) < 4.78 is 20.2.